The number of ether oxygens (including phenoxy) is 1. The number of hydrogen-bond donors (Lipinski definition) is 1. The second-order valence-corrected chi connectivity index (χ2v) is 2.65. The molecule has 0 bridgehead atoms. The van der Waals surface area contributed by atoms with Crippen molar-refractivity contribution in [2.45, 2.75) is 26.9 Å². The van der Waals surface area contributed by atoms with Crippen molar-refractivity contribution in [3.8, 4) is 0 Å². The lowest BCUT2D eigenvalue weighted by Gasteiger charge is -2.08. The van der Waals surface area contributed by atoms with E-state index in [9.17, 15) is 4.79 Å². The third-order valence-corrected chi connectivity index (χ3v) is 1.04. The van der Waals surface area contributed by atoms with Crippen LogP contribution in [0, 0.1) is 0 Å². The molecule has 0 unspecified atom stereocenters. The largest absolute Gasteiger partial charge is 0.359 e. The Morgan fingerprint density at radius 2 is 2.18 bits per heavy atom. The maximum atomic E-state index is 10.8. The molecule has 0 fully saturated rings. The van der Waals surface area contributed by atoms with Crippen molar-refractivity contribution in [2.75, 3.05) is 6.73 Å². The van der Waals surface area contributed by atoms with Gasteiger partial charge in [-0.15, -0.1) is 0 Å². The van der Waals surface area contributed by atoms with E-state index in [1.165, 1.54) is 0 Å². The van der Waals surface area contributed by atoms with Crippen LogP contribution in [0.1, 0.15) is 20.8 Å². The molecule has 0 atom stereocenters. The van der Waals surface area contributed by atoms with E-state index < -0.39 is 0 Å². The zero-order chi connectivity index (χ0) is 8.85. The van der Waals surface area contributed by atoms with Crippen LogP contribution in [0.3, 0.4) is 0 Å². The van der Waals surface area contributed by atoms with Gasteiger partial charge >= 0.3 is 0 Å². The summed E-state index contributed by atoms with van der Waals surface area (Å²) in [6.07, 6.45) is 0.139. The van der Waals surface area contributed by atoms with Crippen LogP contribution in [0.15, 0.2) is 12.2 Å². The highest BCUT2D eigenvalue weighted by atomic mass is 16.5. The summed E-state index contributed by atoms with van der Waals surface area (Å²) in [6, 6.07) is 0. The Balaban J connectivity index is 3.40. The highest BCUT2D eigenvalue weighted by Crippen LogP contribution is 1.87. The lowest BCUT2D eigenvalue weighted by atomic mass is 10.3. The topological polar surface area (TPSA) is 38.3 Å². The van der Waals surface area contributed by atoms with Gasteiger partial charge in [0.1, 0.15) is 6.73 Å². The van der Waals surface area contributed by atoms with Crippen LogP contribution in [0.2, 0.25) is 0 Å². The fourth-order valence-electron chi connectivity index (χ4n) is 0.425. The first-order valence-electron chi connectivity index (χ1n) is 3.59. The van der Waals surface area contributed by atoms with Crippen molar-refractivity contribution >= 4 is 5.91 Å². The van der Waals surface area contributed by atoms with Crippen molar-refractivity contribution in [1.82, 2.24) is 5.32 Å². The van der Waals surface area contributed by atoms with Gasteiger partial charge in [0.25, 0.3) is 0 Å². The van der Waals surface area contributed by atoms with Crippen LogP contribution >= 0.6 is 0 Å². The number of hydrogen-bond acceptors (Lipinski definition) is 2. The molecule has 0 saturated carbocycles. The molecule has 1 amide bonds. The number of amides is 1. The molecule has 0 saturated heterocycles. The Kier molecular flexibility index (Phi) is 4.54. The first-order chi connectivity index (χ1) is 5.04. The molecule has 11 heavy (non-hydrogen) atoms. The number of nitrogens with one attached hydrogen (secondary N) is 1. The average molecular weight is 157 g/mol. The van der Waals surface area contributed by atoms with Crippen molar-refractivity contribution in [2.24, 2.45) is 0 Å². The Morgan fingerprint density at radius 1 is 1.64 bits per heavy atom. The maximum absolute atomic E-state index is 10.8. The molecule has 0 rings (SSSR count). The van der Waals surface area contributed by atoms with Gasteiger partial charge in [-0.25, -0.2) is 0 Å². The van der Waals surface area contributed by atoms with Gasteiger partial charge in [0.05, 0.1) is 6.10 Å². The molecule has 0 aliphatic heterocycles. The summed E-state index contributed by atoms with van der Waals surface area (Å²) in [4.78, 5) is 10.8. The second kappa shape index (κ2) is 4.91. The molecule has 0 aromatic heterocycles. The van der Waals surface area contributed by atoms with Gasteiger partial charge in [-0.3, -0.25) is 4.79 Å². The molecule has 0 aromatic rings. The lowest BCUT2D eigenvalue weighted by molar-refractivity contribution is -0.119. The number of carbonyl (C=O) groups excluding carboxylic acids is 1. The molecule has 0 aliphatic carbocycles. The molecular formula is C8H15NO2. The molecule has 64 valence electrons. The minimum atomic E-state index is -0.161. The van der Waals surface area contributed by atoms with E-state index in [0.717, 1.165) is 0 Å². The van der Waals surface area contributed by atoms with Gasteiger partial charge in [0.15, 0.2) is 0 Å². The number of rotatable bonds is 4. The molecule has 0 spiro atoms. The summed E-state index contributed by atoms with van der Waals surface area (Å²) in [6.45, 7) is 9.22. The number of carbonyl (C=O) groups is 1. The minimum Gasteiger partial charge on any atom is -0.359 e. The highest BCUT2D eigenvalue weighted by Gasteiger charge is 1.99. The molecule has 3 nitrogen and oxygen atoms in total. The standard InChI is InChI=1S/C8H15NO2/c1-6(2)8(10)9-5-11-7(3)4/h7H,1,5H2,2-4H3,(H,9,10). The molecule has 3 heteroatoms. The van der Waals surface area contributed by atoms with Crippen LogP contribution in [-0.2, 0) is 9.53 Å². The van der Waals surface area contributed by atoms with E-state index in [2.05, 4.69) is 11.9 Å². The average Bonchev–Trinajstić information content (AvgIpc) is 1.86. The fraction of sp³-hybridized carbons (Fsp3) is 0.625. The minimum absolute atomic E-state index is 0.139. The lowest BCUT2D eigenvalue weighted by Crippen LogP contribution is -2.27. The molecule has 0 aromatic carbocycles. The second-order valence-electron chi connectivity index (χ2n) is 2.65. The van der Waals surface area contributed by atoms with E-state index >= 15 is 0 Å². The third-order valence-electron chi connectivity index (χ3n) is 1.04. The smallest absolute Gasteiger partial charge is 0.248 e. The van der Waals surface area contributed by atoms with Crippen molar-refractivity contribution < 1.29 is 9.53 Å². The Hall–Kier alpha value is -0.830. The molecule has 0 radical (unpaired) electrons. The summed E-state index contributed by atoms with van der Waals surface area (Å²) in [5, 5.41) is 2.55. The molecule has 0 aliphatic rings. The molecule has 0 heterocycles. The normalized spacial score (nSPS) is 9.82. The maximum Gasteiger partial charge on any atom is 0.248 e. The summed E-state index contributed by atoms with van der Waals surface area (Å²) in [5.41, 5.74) is 0.498. The van der Waals surface area contributed by atoms with Gasteiger partial charge in [0, 0.05) is 5.57 Å². The Labute approximate surface area is 67.4 Å². The third kappa shape index (κ3) is 5.61. The van der Waals surface area contributed by atoms with Crippen molar-refractivity contribution in [1.29, 1.82) is 0 Å². The van der Waals surface area contributed by atoms with Gasteiger partial charge in [-0.05, 0) is 20.8 Å². The summed E-state index contributed by atoms with van der Waals surface area (Å²) in [5.74, 6) is -0.161. The fourth-order valence-corrected chi connectivity index (χ4v) is 0.425. The van der Waals surface area contributed by atoms with E-state index in [0.29, 0.717) is 5.57 Å². The van der Waals surface area contributed by atoms with Crippen LogP contribution in [0.5, 0.6) is 0 Å². The monoisotopic (exact) mass is 157 g/mol. The quantitative estimate of drug-likeness (QED) is 0.489. The SMILES string of the molecule is C=C(C)C(=O)NCOC(C)C. The van der Waals surface area contributed by atoms with E-state index in [1.807, 2.05) is 13.8 Å². The highest BCUT2D eigenvalue weighted by molar-refractivity contribution is 5.91. The van der Waals surface area contributed by atoms with Crippen LogP contribution in [0.25, 0.3) is 0 Å². The predicted molar refractivity (Wildman–Crippen MR) is 44.0 cm³/mol. The Bertz CT molecular complexity index is 152. The molecule has 1 N–H and O–H groups in total. The van der Waals surface area contributed by atoms with Gasteiger partial charge in [-0.1, -0.05) is 6.58 Å². The van der Waals surface area contributed by atoms with Gasteiger partial charge in [-0.2, -0.15) is 0 Å². The van der Waals surface area contributed by atoms with Crippen molar-refractivity contribution in [3.05, 3.63) is 12.2 Å². The summed E-state index contributed by atoms with van der Waals surface area (Å²) >= 11 is 0. The summed E-state index contributed by atoms with van der Waals surface area (Å²) < 4.78 is 5.09. The first kappa shape index (κ1) is 10.2. The summed E-state index contributed by atoms with van der Waals surface area (Å²) in [7, 11) is 0. The van der Waals surface area contributed by atoms with Crippen LogP contribution < -0.4 is 5.32 Å². The van der Waals surface area contributed by atoms with Gasteiger partial charge < -0.3 is 10.1 Å². The zero-order valence-electron chi connectivity index (χ0n) is 7.31. The van der Waals surface area contributed by atoms with E-state index in [1.54, 1.807) is 6.92 Å². The molecular weight excluding hydrogens is 142 g/mol. The Morgan fingerprint density at radius 3 is 2.55 bits per heavy atom. The van der Waals surface area contributed by atoms with Gasteiger partial charge in [0.2, 0.25) is 5.91 Å². The predicted octanol–water partition coefficient (Wildman–Crippen LogP) is 1.06. The van der Waals surface area contributed by atoms with E-state index in [-0.39, 0.29) is 18.7 Å². The zero-order valence-corrected chi connectivity index (χ0v) is 7.31. The first-order valence-corrected chi connectivity index (χ1v) is 3.59. The van der Waals surface area contributed by atoms with Crippen LogP contribution in [-0.4, -0.2) is 18.7 Å². The van der Waals surface area contributed by atoms with Crippen molar-refractivity contribution in [3.63, 3.8) is 0 Å². The van der Waals surface area contributed by atoms with Crippen LogP contribution in [0.4, 0.5) is 0 Å². The van der Waals surface area contributed by atoms with E-state index in [4.69, 9.17) is 4.74 Å².